The van der Waals surface area contributed by atoms with Crippen LogP contribution in [-0.2, 0) is 16.1 Å². The minimum Gasteiger partial charge on any atom is -0.457 e. The predicted octanol–water partition coefficient (Wildman–Crippen LogP) is 2.85. The Kier molecular flexibility index (Phi) is 3.38. The molecule has 6 nitrogen and oxygen atoms in total. The number of aromatic nitrogens is 1. The highest BCUT2D eigenvalue weighted by Crippen LogP contribution is 2.29. The number of rotatable bonds is 2. The fraction of sp³-hybridized carbons (Fsp3) is 0.0500. The van der Waals surface area contributed by atoms with Crippen LogP contribution in [0.25, 0.3) is 28.1 Å². The molecule has 5 rings (SSSR count). The second-order valence-corrected chi connectivity index (χ2v) is 6.85. The third kappa shape index (κ3) is 2.69. The van der Waals surface area contributed by atoms with E-state index < -0.39 is 0 Å². The summed E-state index contributed by atoms with van der Waals surface area (Å²) in [6.07, 6.45) is 1.73. The van der Waals surface area contributed by atoms with E-state index in [0.29, 0.717) is 23.0 Å². The Balaban J connectivity index is 1.51. The molecule has 0 saturated carbocycles. The van der Waals surface area contributed by atoms with Crippen LogP contribution in [0.1, 0.15) is 21.6 Å². The highest BCUT2D eigenvalue weighted by Gasteiger charge is 2.22. The van der Waals surface area contributed by atoms with E-state index in [1.54, 1.807) is 6.08 Å². The summed E-state index contributed by atoms with van der Waals surface area (Å²) in [5, 5.41) is 6.72. The molecule has 0 radical (unpaired) electrons. The molecule has 0 bridgehead atoms. The molecule has 3 heterocycles. The third-order valence-electron chi connectivity index (χ3n) is 4.68. The molecule has 3 aromatic rings. The van der Waals surface area contributed by atoms with Gasteiger partial charge in [-0.15, -0.1) is 0 Å². The molecule has 1 fully saturated rings. The largest absolute Gasteiger partial charge is 0.457 e. The van der Waals surface area contributed by atoms with Crippen LogP contribution in [0.5, 0.6) is 0 Å². The minimum atomic E-state index is -0.266. The molecule has 2 aliphatic heterocycles. The molecule has 1 aromatic heterocycles. The first kappa shape index (κ1) is 15.8. The van der Waals surface area contributed by atoms with Crippen molar-refractivity contribution in [3.63, 3.8) is 0 Å². The Hall–Kier alpha value is -3.45. The van der Waals surface area contributed by atoms with Crippen molar-refractivity contribution in [3.05, 3.63) is 65.0 Å². The predicted molar refractivity (Wildman–Crippen MR) is 105 cm³/mol. The summed E-state index contributed by atoms with van der Waals surface area (Å²) in [5.41, 5.74) is 5.76. The van der Waals surface area contributed by atoms with Gasteiger partial charge in [0.2, 0.25) is 0 Å². The number of carbonyl (C=O) groups excluding carboxylic acids is 2. The van der Waals surface area contributed by atoms with Crippen molar-refractivity contribution in [1.29, 1.82) is 0 Å². The van der Waals surface area contributed by atoms with Gasteiger partial charge in [0.1, 0.15) is 12.3 Å². The van der Waals surface area contributed by atoms with Crippen molar-refractivity contribution in [2.45, 2.75) is 6.61 Å². The lowest BCUT2D eigenvalue weighted by Crippen LogP contribution is -2.21. The van der Waals surface area contributed by atoms with Crippen LogP contribution in [-0.4, -0.2) is 22.0 Å². The van der Waals surface area contributed by atoms with Gasteiger partial charge in [0.15, 0.2) is 5.11 Å². The molecule has 2 aromatic carbocycles. The maximum absolute atomic E-state index is 11.8. The average Bonchev–Trinajstić information content (AvgIpc) is 3.31. The summed E-state index contributed by atoms with van der Waals surface area (Å²) >= 11 is 4.94. The summed E-state index contributed by atoms with van der Waals surface area (Å²) in [5.74, 6) is -0.507. The van der Waals surface area contributed by atoms with E-state index in [0.717, 1.165) is 33.3 Å². The molecule has 2 aliphatic rings. The highest BCUT2D eigenvalue weighted by atomic mass is 32.1. The Morgan fingerprint density at radius 1 is 1.00 bits per heavy atom. The first-order valence-electron chi connectivity index (χ1n) is 8.34. The zero-order chi connectivity index (χ0) is 18.5. The number of esters is 1. The lowest BCUT2D eigenvalue weighted by molar-refractivity contribution is -0.115. The first-order chi connectivity index (χ1) is 13.1. The van der Waals surface area contributed by atoms with Crippen LogP contribution in [0, 0.1) is 0 Å². The molecule has 0 aliphatic carbocycles. The van der Waals surface area contributed by atoms with Crippen LogP contribution in [0.15, 0.2) is 48.2 Å². The van der Waals surface area contributed by atoms with E-state index in [-0.39, 0.29) is 11.9 Å². The molecule has 7 heteroatoms. The Labute approximate surface area is 159 Å². The van der Waals surface area contributed by atoms with E-state index in [4.69, 9.17) is 17.0 Å². The van der Waals surface area contributed by atoms with Crippen LogP contribution in [0.4, 0.5) is 0 Å². The van der Waals surface area contributed by atoms with Gasteiger partial charge in [-0.1, -0.05) is 18.2 Å². The maximum atomic E-state index is 11.8. The molecule has 27 heavy (non-hydrogen) atoms. The monoisotopic (exact) mass is 375 g/mol. The smallest absolute Gasteiger partial charge is 0.338 e. The van der Waals surface area contributed by atoms with Gasteiger partial charge >= 0.3 is 5.97 Å². The van der Waals surface area contributed by atoms with Gasteiger partial charge in [-0.2, -0.15) is 0 Å². The van der Waals surface area contributed by atoms with Crippen molar-refractivity contribution in [3.8, 4) is 11.1 Å². The quantitative estimate of drug-likeness (QED) is 0.364. The third-order valence-corrected chi connectivity index (χ3v) is 4.88. The molecule has 1 amide bonds. The number of carbonyl (C=O) groups is 2. The number of thiocarbonyl (C=S) groups is 1. The lowest BCUT2D eigenvalue weighted by Gasteiger charge is -2.04. The second-order valence-electron chi connectivity index (χ2n) is 6.44. The van der Waals surface area contributed by atoms with Gasteiger partial charge in [-0.3, -0.25) is 10.1 Å². The number of fused-ring (bicyclic) bond motifs is 2. The van der Waals surface area contributed by atoms with Crippen LogP contribution in [0.2, 0.25) is 0 Å². The number of H-pyrrole nitrogens is 1. The zero-order valence-corrected chi connectivity index (χ0v) is 14.8. The van der Waals surface area contributed by atoms with Crippen LogP contribution in [0.3, 0.4) is 0 Å². The number of amides is 1. The number of hydrogen-bond acceptors (Lipinski definition) is 4. The number of ether oxygens (including phenoxy) is 1. The van der Waals surface area contributed by atoms with E-state index in [1.165, 1.54) is 0 Å². The van der Waals surface area contributed by atoms with Gasteiger partial charge in [0, 0.05) is 22.2 Å². The Morgan fingerprint density at radius 3 is 2.63 bits per heavy atom. The van der Waals surface area contributed by atoms with Gasteiger partial charge < -0.3 is 15.0 Å². The Morgan fingerprint density at radius 2 is 1.81 bits per heavy atom. The fourth-order valence-corrected chi connectivity index (χ4v) is 3.56. The van der Waals surface area contributed by atoms with Crippen LogP contribution >= 0.6 is 12.2 Å². The summed E-state index contributed by atoms with van der Waals surface area (Å²) in [4.78, 5) is 26.7. The summed E-state index contributed by atoms with van der Waals surface area (Å²) in [6, 6.07) is 13.8. The first-order valence-corrected chi connectivity index (χ1v) is 8.75. The molecule has 1 saturated heterocycles. The van der Waals surface area contributed by atoms with Gasteiger partial charge in [0.05, 0.1) is 5.56 Å². The zero-order valence-electron chi connectivity index (χ0n) is 14.0. The molecule has 3 N–H and O–H groups in total. The van der Waals surface area contributed by atoms with E-state index in [9.17, 15) is 9.59 Å². The van der Waals surface area contributed by atoms with Gasteiger partial charge in [-0.25, -0.2) is 4.79 Å². The molecular weight excluding hydrogens is 362 g/mol. The summed E-state index contributed by atoms with van der Waals surface area (Å²) < 4.78 is 5.07. The standard InChI is InChI=1S/C20H13N3O3S/c24-18-17(22-20(27)23-18)8-14-6-12-2-1-11(7-16(12)21-14)10-3-4-15-13(5-10)9-26-19(15)25/h1-8,21H,9H2,(H2,22,23,24,27)/b17-8-. The molecule has 0 unspecified atom stereocenters. The number of nitrogens with one attached hydrogen (secondary N) is 3. The van der Waals surface area contributed by atoms with Gasteiger partial charge in [-0.05, 0) is 53.7 Å². The van der Waals surface area contributed by atoms with Crippen molar-refractivity contribution in [2.24, 2.45) is 0 Å². The molecule has 0 spiro atoms. The van der Waals surface area contributed by atoms with Crippen molar-refractivity contribution in [2.75, 3.05) is 0 Å². The summed E-state index contributed by atoms with van der Waals surface area (Å²) in [7, 11) is 0. The number of aromatic amines is 1. The lowest BCUT2D eigenvalue weighted by atomic mass is 10.00. The van der Waals surface area contributed by atoms with Crippen LogP contribution < -0.4 is 10.6 Å². The second kappa shape index (κ2) is 5.78. The van der Waals surface area contributed by atoms with Gasteiger partial charge in [0.25, 0.3) is 5.91 Å². The number of hydrogen-bond donors (Lipinski definition) is 3. The minimum absolute atomic E-state index is 0.241. The maximum Gasteiger partial charge on any atom is 0.338 e. The Bertz CT molecular complexity index is 1190. The molecule has 132 valence electrons. The van der Waals surface area contributed by atoms with Crippen molar-refractivity contribution < 1.29 is 14.3 Å². The highest BCUT2D eigenvalue weighted by molar-refractivity contribution is 7.80. The molecule has 0 atom stereocenters. The topological polar surface area (TPSA) is 83.2 Å². The van der Waals surface area contributed by atoms with E-state index >= 15 is 0 Å². The summed E-state index contributed by atoms with van der Waals surface area (Å²) in [6.45, 7) is 0.321. The number of benzene rings is 2. The number of cyclic esters (lactones) is 1. The molecular formula is C20H13N3O3S. The normalized spacial score (nSPS) is 17.2. The fourth-order valence-electron chi connectivity index (χ4n) is 3.36. The van der Waals surface area contributed by atoms with E-state index in [1.807, 2.05) is 42.5 Å². The average molecular weight is 375 g/mol. The van der Waals surface area contributed by atoms with Crippen molar-refractivity contribution in [1.82, 2.24) is 15.6 Å². The van der Waals surface area contributed by atoms with E-state index in [2.05, 4.69) is 15.6 Å². The SMILES string of the molecule is O=C1NC(=S)N/C1=C\c1cc2ccc(-c3ccc4c(c3)COC4=O)cc2[nH]1. The van der Waals surface area contributed by atoms with Crippen molar-refractivity contribution >= 4 is 46.2 Å².